The molecule has 20 heavy (non-hydrogen) atoms. The van der Waals surface area contributed by atoms with E-state index in [4.69, 9.17) is 0 Å². The Bertz CT molecular complexity index is 589. The molecular formula is C16H19N3O. The fraction of sp³-hybridized carbons (Fsp3) is 0.375. The standard InChI is InChI=1S/C16H19N3O/c20-16(11-13-7-3-1-4-8-13)15-12-17-18-19(15)14-9-5-2-6-10-14/h2,5-7,9-10,12,16,20H,1,3-4,8,11H2. The van der Waals surface area contributed by atoms with Crippen LogP contribution in [0.15, 0.2) is 48.2 Å². The Morgan fingerprint density at radius 2 is 2.05 bits per heavy atom. The van der Waals surface area contributed by atoms with Gasteiger partial charge in [0.05, 0.1) is 17.6 Å². The van der Waals surface area contributed by atoms with Crippen LogP contribution in [0.3, 0.4) is 0 Å². The second-order valence-electron chi connectivity index (χ2n) is 5.23. The van der Waals surface area contributed by atoms with Crippen molar-refractivity contribution >= 4 is 0 Å². The molecule has 0 amide bonds. The van der Waals surface area contributed by atoms with E-state index >= 15 is 0 Å². The zero-order chi connectivity index (χ0) is 13.8. The number of hydrogen-bond donors (Lipinski definition) is 1. The molecule has 1 N–H and O–H groups in total. The number of benzene rings is 1. The molecule has 0 saturated carbocycles. The predicted octanol–water partition coefficient (Wildman–Crippen LogP) is 3.19. The molecule has 4 heteroatoms. The van der Waals surface area contributed by atoms with Crippen molar-refractivity contribution in [1.82, 2.24) is 15.0 Å². The third kappa shape index (κ3) is 2.80. The summed E-state index contributed by atoms with van der Waals surface area (Å²) in [5.41, 5.74) is 3.03. The maximum Gasteiger partial charge on any atom is 0.101 e. The van der Waals surface area contributed by atoms with Crippen LogP contribution in [0.1, 0.15) is 43.9 Å². The van der Waals surface area contributed by atoms with Crippen LogP contribution < -0.4 is 0 Å². The first-order valence-electron chi connectivity index (χ1n) is 7.16. The van der Waals surface area contributed by atoms with Crippen LogP contribution in [0.4, 0.5) is 0 Å². The summed E-state index contributed by atoms with van der Waals surface area (Å²) < 4.78 is 1.72. The van der Waals surface area contributed by atoms with Gasteiger partial charge in [0.2, 0.25) is 0 Å². The molecule has 3 rings (SSSR count). The molecule has 1 aromatic carbocycles. The Kier molecular flexibility index (Phi) is 3.92. The molecule has 0 bridgehead atoms. The van der Waals surface area contributed by atoms with Gasteiger partial charge in [-0.2, -0.15) is 0 Å². The van der Waals surface area contributed by atoms with Gasteiger partial charge in [0.15, 0.2) is 0 Å². The Balaban J connectivity index is 1.80. The Labute approximate surface area is 118 Å². The molecule has 1 atom stereocenters. The van der Waals surface area contributed by atoms with Crippen LogP contribution in [0.2, 0.25) is 0 Å². The highest BCUT2D eigenvalue weighted by atomic mass is 16.3. The van der Waals surface area contributed by atoms with Crippen molar-refractivity contribution in [1.29, 1.82) is 0 Å². The van der Waals surface area contributed by atoms with Gasteiger partial charge >= 0.3 is 0 Å². The molecule has 1 unspecified atom stereocenters. The highest BCUT2D eigenvalue weighted by Gasteiger charge is 2.17. The summed E-state index contributed by atoms with van der Waals surface area (Å²) >= 11 is 0. The quantitative estimate of drug-likeness (QED) is 0.867. The van der Waals surface area contributed by atoms with Crippen molar-refractivity contribution in [3.05, 3.63) is 53.9 Å². The van der Waals surface area contributed by atoms with Crippen molar-refractivity contribution in [3.8, 4) is 5.69 Å². The third-order valence-corrected chi connectivity index (χ3v) is 3.76. The van der Waals surface area contributed by atoms with Crippen molar-refractivity contribution in [2.75, 3.05) is 0 Å². The normalized spacial score (nSPS) is 16.8. The Morgan fingerprint density at radius 1 is 1.20 bits per heavy atom. The van der Waals surface area contributed by atoms with E-state index in [0.29, 0.717) is 6.42 Å². The summed E-state index contributed by atoms with van der Waals surface area (Å²) in [6, 6.07) is 9.80. The fourth-order valence-corrected chi connectivity index (χ4v) is 2.68. The first-order valence-corrected chi connectivity index (χ1v) is 7.16. The lowest BCUT2D eigenvalue weighted by molar-refractivity contribution is 0.168. The van der Waals surface area contributed by atoms with E-state index in [1.54, 1.807) is 10.9 Å². The largest absolute Gasteiger partial charge is 0.386 e. The minimum atomic E-state index is -0.547. The minimum Gasteiger partial charge on any atom is -0.386 e. The molecule has 0 radical (unpaired) electrons. The van der Waals surface area contributed by atoms with Crippen LogP contribution in [0, 0.1) is 0 Å². The van der Waals surface area contributed by atoms with Crippen molar-refractivity contribution in [2.45, 2.75) is 38.2 Å². The molecule has 2 aromatic rings. The number of nitrogens with zero attached hydrogens (tertiary/aromatic N) is 3. The third-order valence-electron chi connectivity index (χ3n) is 3.76. The molecule has 1 aliphatic carbocycles. The first-order chi connectivity index (χ1) is 9.84. The van der Waals surface area contributed by atoms with Crippen LogP contribution in [0.5, 0.6) is 0 Å². The maximum atomic E-state index is 10.5. The minimum absolute atomic E-state index is 0.547. The molecule has 0 aliphatic heterocycles. The average molecular weight is 269 g/mol. The molecular weight excluding hydrogens is 250 g/mol. The van der Waals surface area contributed by atoms with Gasteiger partial charge in [0.25, 0.3) is 0 Å². The average Bonchev–Trinajstić information content (AvgIpc) is 2.99. The van der Waals surface area contributed by atoms with E-state index < -0.39 is 6.10 Å². The van der Waals surface area contributed by atoms with Gasteiger partial charge in [-0.15, -0.1) is 5.10 Å². The molecule has 1 heterocycles. The zero-order valence-electron chi connectivity index (χ0n) is 11.4. The van der Waals surface area contributed by atoms with Crippen LogP contribution in [0.25, 0.3) is 5.69 Å². The number of aromatic nitrogens is 3. The van der Waals surface area contributed by atoms with Crippen LogP contribution >= 0.6 is 0 Å². The van der Waals surface area contributed by atoms with Crippen molar-refractivity contribution < 1.29 is 5.11 Å². The number of allylic oxidation sites excluding steroid dienone is 1. The molecule has 1 aromatic heterocycles. The lowest BCUT2D eigenvalue weighted by atomic mass is 9.94. The van der Waals surface area contributed by atoms with Crippen molar-refractivity contribution in [2.24, 2.45) is 0 Å². The Morgan fingerprint density at radius 3 is 2.80 bits per heavy atom. The van der Waals surface area contributed by atoms with Gasteiger partial charge in [0.1, 0.15) is 6.10 Å². The van der Waals surface area contributed by atoms with E-state index in [2.05, 4.69) is 16.4 Å². The smallest absolute Gasteiger partial charge is 0.101 e. The maximum absolute atomic E-state index is 10.5. The second kappa shape index (κ2) is 6.01. The van der Waals surface area contributed by atoms with Crippen molar-refractivity contribution in [3.63, 3.8) is 0 Å². The molecule has 4 nitrogen and oxygen atoms in total. The zero-order valence-corrected chi connectivity index (χ0v) is 11.4. The number of rotatable bonds is 4. The van der Waals surface area contributed by atoms with E-state index in [0.717, 1.165) is 24.2 Å². The highest BCUT2D eigenvalue weighted by molar-refractivity contribution is 5.32. The molecule has 0 fully saturated rings. The summed E-state index contributed by atoms with van der Waals surface area (Å²) in [5, 5.41) is 18.5. The second-order valence-corrected chi connectivity index (χ2v) is 5.23. The first kappa shape index (κ1) is 13.1. The SMILES string of the molecule is OC(CC1=CCCCC1)c1cnnn1-c1ccccc1. The predicted molar refractivity (Wildman–Crippen MR) is 77.5 cm³/mol. The molecule has 1 aliphatic rings. The van der Waals surface area contributed by atoms with E-state index in [1.165, 1.54) is 18.4 Å². The molecule has 104 valence electrons. The Hall–Kier alpha value is -1.94. The number of aliphatic hydroxyl groups is 1. The molecule has 0 saturated heterocycles. The highest BCUT2D eigenvalue weighted by Crippen LogP contribution is 2.27. The summed E-state index contributed by atoms with van der Waals surface area (Å²) in [5.74, 6) is 0. The summed E-state index contributed by atoms with van der Waals surface area (Å²) in [6.07, 6.45) is 8.79. The van der Waals surface area contributed by atoms with Crippen LogP contribution in [-0.2, 0) is 0 Å². The summed E-state index contributed by atoms with van der Waals surface area (Å²) in [6.45, 7) is 0. The van der Waals surface area contributed by atoms with Gasteiger partial charge in [-0.1, -0.05) is 35.1 Å². The molecule has 0 spiro atoms. The van der Waals surface area contributed by atoms with E-state index in [9.17, 15) is 5.11 Å². The van der Waals surface area contributed by atoms with Gasteiger partial charge in [-0.05, 0) is 37.8 Å². The number of para-hydroxylation sites is 1. The van der Waals surface area contributed by atoms with E-state index in [1.807, 2.05) is 30.3 Å². The summed E-state index contributed by atoms with van der Waals surface area (Å²) in [4.78, 5) is 0. The monoisotopic (exact) mass is 269 g/mol. The van der Waals surface area contributed by atoms with Gasteiger partial charge < -0.3 is 5.11 Å². The van der Waals surface area contributed by atoms with Gasteiger partial charge in [0, 0.05) is 6.42 Å². The van der Waals surface area contributed by atoms with E-state index in [-0.39, 0.29) is 0 Å². The summed E-state index contributed by atoms with van der Waals surface area (Å²) in [7, 11) is 0. The topological polar surface area (TPSA) is 50.9 Å². The number of aliphatic hydroxyl groups excluding tert-OH is 1. The van der Waals surface area contributed by atoms with Gasteiger partial charge in [-0.3, -0.25) is 0 Å². The van der Waals surface area contributed by atoms with Gasteiger partial charge in [-0.25, -0.2) is 4.68 Å². The number of hydrogen-bond acceptors (Lipinski definition) is 3. The fourth-order valence-electron chi connectivity index (χ4n) is 2.68. The lowest BCUT2D eigenvalue weighted by Gasteiger charge is -2.17. The lowest BCUT2D eigenvalue weighted by Crippen LogP contribution is -2.09. The van der Waals surface area contributed by atoms with Crippen LogP contribution in [-0.4, -0.2) is 20.1 Å².